The molecule has 0 atom stereocenters. The van der Waals surface area contributed by atoms with E-state index in [0.717, 1.165) is 37.2 Å². The molecule has 1 aliphatic rings. The van der Waals surface area contributed by atoms with Crippen molar-refractivity contribution in [2.24, 2.45) is 5.92 Å². The Hall–Kier alpha value is -2.38. The van der Waals surface area contributed by atoms with Crippen LogP contribution in [0.2, 0.25) is 0 Å². The fourth-order valence-electron chi connectivity index (χ4n) is 3.97. The molecule has 1 saturated heterocycles. The smallest absolute Gasteiger partial charge is 0.253 e. The topological polar surface area (TPSA) is 69.7 Å². The van der Waals surface area contributed by atoms with Gasteiger partial charge in [-0.2, -0.15) is 4.31 Å². The summed E-state index contributed by atoms with van der Waals surface area (Å²) in [5.74, 6) is 0.406. The molecule has 0 spiro atoms. The maximum absolute atomic E-state index is 13.2. The van der Waals surface area contributed by atoms with Gasteiger partial charge in [0.1, 0.15) is 0 Å². The van der Waals surface area contributed by atoms with E-state index >= 15 is 0 Å². The van der Waals surface area contributed by atoms with Crippen molar-refractivity contribution in [1.82, 2.24) is 9.62 Å². The second-order valence-electron chi connectivity index (χ2n) is 8.11. The van der Waals surface area contributed by atoms with Crippen LogP contribution in [0.25, 0.3) is 0 Å². The molecule has 6 nitrogen and oxygen atoms in total. The summed E-state index contributed by atoms with van der Waals surface area (Å²) in [4.78, 5) is 15.5. The van der Waals surface area contributed by atoms with Crippen LogP contribution in [-0.2, 0) is 16.6 Å². The monoisotopic (exact) mass is 443 g/mol. The highest BCUT2D eigenvalue weighted by molar-refractivity contribution is 7.89. The molecule has 7 heteroatoms. The van der Waals surface area contributed by atoms with E-state index in [-0.39, 0.29) is 10.8 Å². The average molecular weight is 444 g/mol. The van der Waals surface area contributed by atoms with Crippen molar-refractivity contribution in [1.29, 1.82) is 0 Å². The van der Waals surface area contributed by atoms with Crippen LogP contribution in [0.3, 0.4) is 0 Å². The highest BCUT2D eigenvalue weighted by Gasteiger charge is 2.26. The fourth-order valence-corrected chi connectivity index (χ4v) is 5.45. The number of hydrogen-bond acceptors (Lipinski definition) is 4. The van der Waals surface area contributed by atoms with E-state index in [4.69, 9.17) is 0 Å². The highest BCUT2D eigenvalue weighted by Crippen LogP contribution is 2.29. The summed E-state index contributed by atoms with van der Waals surface area (Å²) in [6, 6.07) is 14.7. The van der Waals surface area contributed by atoms with Gasteiger partial charge in [0.25, 0.3) is 5.91 Å². The Morgan fingerprint density at radius 1 is 1.06 bits per heavy atom. The first kappa shape index (κ1) is 23.3. The Balaban J connectivity index is 1.94. The van der Waals surface area contributed by atoms with Gasteiger partial charge in [-0.3, -0.25) is 4.79 Å². The third kappa shape index (κ3) is 5.46. The summed E-state index contributed by atoms with van der Waals surface area (Å²) < 4.78 is 27.5. The second-order valence-corrected chi connectivity index (χ2v) is 10.0. The van der Waals surface area contributed by atoms with Gasteiger partial charge in [-0.25, -0.2) is 8.42 Å². The Kier molecular flexibility index (Phi) is 7.73. The highest BCUT2D eigenvalue weighted by atomic mass is 32.2. The number of sulfonamides is 1. The maximum atomic E-state index is 13.2. The minimum absolute atomic E-state index is 0.162. The number of carbonyl (C=O) groups excluding carboxylic acids is 1. The first-order valence-electron chi connectivity index (χ1n) is 11.1. The van der Waals surface area contributed by atoms with Gasteiger partial charge in [-0.05, 0) is 42.5 Å². The number of nitrogens with zero attached hydrogens (tertiary/aromatic N) is 2. The minimum Gasteiger partial charge on any atom is -0.371 e. The van der Waals surface area contributed by atoms with Crippen LogP contribution >= 0.6 is 0 Å². The normalized spacial score (nSPS) is 15.3. The third-order valence-electron chi connectivity index (χ3n) is 5.98. The molecule has 0 saturated carbocycles. The van der Waals surface area contributed by atoms with E-state index in [1.165, 1.54) is 4.31 Å². The molecule has 0 bridgehead atoms. The van der Waals surface area contributed by atoms with E-state index in [1.54, 1.807) is 18.2 Å². The van der Waals surface area contributed by atoms with Gasteiger partial charge < -0.3 is 10.2 Å². The molecule has 2 aromatic rings. The Labute approximate surface area is 186 Å². The SMILES string of the molecule is CCN(CC)S(=O)(=O)c1ccc(N2CCC(C)CC2)c(C(=O)NCc2ccccc2)c1. The number of hydrogen-bond donors (Lipinski definition) is 1. The van der Waals surface area contributed by atoms with Crippen molar-refractivity contribution in [2.45, 2.75) is 45.1 Å². The third-order valence-corrected chi connectivity index (χ3v) is 8.02. The molecule has 1 fully saturated rings. The van der Waals surface area contributed by atoms with Crippen LogP contribution < -0.4 is 10.2 Å². The molecular formula is C24H33N3O3S. The molecule has 0 radical (unpaired) electrons. The van der Waals surface area contributed by atoms with Crippen molar-refractivity contribution in [3.05, 3.63) is 59.7 Å². The van der Waals surface area contributed by atoms with E-state index in [0.29, 0.717) is 31.1 Å². The molecule has 1 aliphatic heterocycles. The fraction of sp³-hybridized carbons (Fsp3) is 0.458. The van der Waals surface area contributed by atoms with Gasteiger partial charge in [0, 0.05) is 38.4 Å². The molecule has 3 rings (SSSR count). The predicted octanol–water partition coefficient (Wildman–Crippen LogP) is 3.88. The van der Waals surface area contributed by atoms with Crippen LogP contribution in [0.4, 0.5) is 5.69 Å². The van der Waals surface area contributed by atoms with Crippen LogP contribution in [0.1, 0.15) is 49.5 Å². The zero-order valence-electron chi connectivity index (χ0n) is 18.7. The summed E-state index contributed by atoms with van der Waals surface area (Å²) in [6.45, 7) is 8.77. The number of piperidine rings is 1. The summed E-state index contributed by atoms with van der Waals surface area (Å²) in [5.41, 5.74) is 2.21. The van der Waals surface area contributed by atoms with Gasteiger partial charge in [0.2, 0.25) is 10.0 Å². The molecule has 1 amide bonds. The molecule has 0 aliphatic carbocycles. The number of amides is 1. The van der Waals surface area contributed by atoms with E-state index in [9.17, 15) is 13.2 Å². The van der Waals surface area contributed by atoms with Gasteiger partial charge in [-0.15, -0.1) is 0 Å². The standard InChI is InChI=1S/C24H33N3O3S/c1-4-27(5-2)31(29,30)21-11-12-23(26-15-13-19(3)14-16-26)22(17-21)24(28)25-18-20-9-7-6-8-10-20/h6-12,17,19H,4-5,13-16,18H2,1-3H3,(H,25,28). The van der Waals surface area contributed by atoms with Crippen LogP contribution in [-0.4, -0.2) is 44.8 Å². The molecule has 0 unspecified atom stereocenters. The van der Waals surface area contributed by atoms with Crippen molar-refractivity contribution in [3.63, 3.8) is 0 Å². The molecular weight excluding hydrogens is 410 g/mol. The van der Waals surface area contributed by atoms with Gasteiger partial charge in [0.05, 0.1) is 10.5 Å². The van der Waals surface area contributed by atoms with Crippen molar-refractivity contribution < 1.29 is 13.2 Å². The van der Waals surface area contributed by atoms with E-state index in [2.05, 4.69) is 17.1 Å². The maximum Gasteiger partial charge on any atom is 0.253 e. The number of anilines is 1. The van der Waals surface area contributed by atoms with Crippen LogP contribution in [0.15, 0.2) is 53.4 Å². The van der Waals surface area contributed by atoms with Gasteiger partial charge in [-0.1, -0.05) is 51.1 Å². The lowest BCUT2D eigenvalue weighted by Crippen LogP contribution is -2.35. The van der Waals surface area contributed by atoms with Crippen molar-refractivity contribution in [3.8, 4) is 0 Å². The number of nitrogens with one attached hydrogen (secondary N) is 1. The number of rotatable bonds is 8. The van der Waals surface area contributed by atoms with Crippen LogP contribution in [0.5, 0.6) is 0 Å². The van der Waals surface area contributed by atoms with Gasteiger partial charge in [0.15, 0.2) is 0 Å². The summed E-state index contributed by atoms with van der Waals surface area (Å²) >= 11 is 0. The second kappa shape index (κ2) is 10.3. The average Bonchev–Trinajstić information content (AvgIpc) is 2.79. The molecule has 1 N–H and O–H groups in total. The summed E-state index contributed by atoms with van der Waals surface area (Å²) in [6.07, 6.45) is 2.12. The zero-order valence-corrected chi connectivity index (χ0v) is 19.5. The number of benzene rings is 2. The lowest BCUT2D eigenvalue weighted by atomic mass is 9.98. The molecule has 1 heterocycles. The van der Waals surface area contributed by atoms with E-state index in [1.807, 2.05) is 44.2 Å². The zero-order chi connectivity index (χ0) is 22.4. The van der Waals surface area contributed by atoms with Crippen molar-refractivity contribution in [2.75, 3.05) is 31.1 Å². The first-order chi connectivity index (χ1) is 14.9. The lowest BCUT2D eigenvalue weighted by Gasteiger charge is -2.33. The molecule has 2 aromatic carbocycles. The minimum atomic E-state index is -3.65. The summed E-state index contributed by atoms with van der Waals surface area (Å²) in [7, 11) is -3.65. The Morgan fingerprint density at radius 2 is 1.71 bits per heavy atom. The molecule has 0 aromatic heterocycles. The quantitative estimate of drug-likeness (QED) is 0.672. The summed E-state index contributed by atoms with van der Waals surface area (Å²) in [5, 5.41) is 2.97. The van der Waals surface area contributed by atoms with Crippen LogP contribution in [0, 0.1) is 5.92 Å². The number of carbonyl (C=O) groups is 1. The van der Waals surface area contributed by atoms with Crippen molar-refractivity contribution >= 4 is 21.6 Å². The lowest BCUT2D eigenvalue weighted by molar-refractivity contribution is 0.0951. The van der Waals surface area contributed by atoms with E-state index < -0.39 is 10.0 Å². The largest absolute Gasteiger partial charge is 0.371 e. The molecule has 31 heavy (non-hydrogen) atoms. The Bertz CT molecular complexity index is 980. The Morgan fingerprint density at radius 3 is 2.32 bits per heavy atom. The predicted molar refractivity (Wildman–Crippen MR) is 125 cm³/mol. The molecule has 168 valence electrons. The first-order valence-corrected chi connectivity index (χ1v) is 12.5. The van der Waals surface area contributed by atoms with Gasteiger partial charge >= 0.3 is 0 Å².